The molecule has 8 heteroatoms. The number of rotatable bonds is 5. The summed E-state index contributed by atoms with van der Waals surface area (Å²) in [6.45, 7) is 2.43. The number of anilines is 2. The highest BCUT2D eigenvalue weighted by atomic mass is 32.2. The Bertz CT molecular complexity index is 939. The molecule has 1 fully saturated rings. The zero-order valence-electron chi connectivity index (χ0n) is 16.3. The van der Waals surface area contributed by atoms with Gasteiger partial charge in [0, 0.05) is 45.6 Å². The topological polar surface area (TPSA) is 70.2 Å². The Balaban J connectivity index is 2.07. The highest BCUT2D eigenvalue weighted by Crippen LogP contribution is 2.28. The first kappa shape index (κ1) is 20.3. The number of ether oxygens (including phenoxy) is 1. The SMILES string of the molecule is CN(C(=O)c1cc(S(=O)(=O)N(C)C)ccc1N1CCOCC1)c1ccccc1. The minimum absolute atomic E-state index is 0.0966. The van der Waals surface area contributed by atoms with Gasteiger partial charge in [-0.05, 0) is 30.3 Å². The Morgan fingerprint density at radius 2 is 1.64 bits per heavy atom. The normalized spacial score (nSPS) is 14.9. The van der Waals surface area contributed by atoms with Crippen LogP contribution in [0.5, 0.6) is 0 Å². The van der Waals surface area contributed by atoms with Crippen molar-refractivity contribution < 1.29 is 17.9 Å². The molecule has 1 aliphatic rings. The van der Waals surface area contributed by atoms with E-state index >= 15 is 0 Å². The summed E-state index contributed by atoms with van der Waals surface area (Å²) in [6, 6.07) is 14.0. The molecular formula is C20H25N3O4S. The van der Waals surface area contributed by atoms with Gasteiger partial charge in [0.25, 0.3) is 5.91 Å². The van der Waals surface area contributed by atoms with Gasteiger partial charge in [0.15, 0.2) is 0 Å². The maximum Gasteiger partial charge on any atom is 0.260 e. The van der Waals surface area contributed by atoms with Crippen molar-refractivity contribution in [2.24, 2.45) is 0 Å². The summed E-state index contributed by atoms with van der Waals surface area (Å²) in [4.78, 5) is 17.0. The van der Waals surface area contributed by atoms with Crippen LogP contribution in [-0.2, 0) is 14.8 Å². The molecule has 0 spiro atoms. The molecule has 2 aromatic carbocycles. The molecule has 1 heterocycles. The van der Waals surface area contributed by atoms with E-state index in [0.717, 1.165) is 9.99 Å². The van der Waals surface area contributed by atoms with Gasteiger partial charge in [-0.25, -0.2) is 12.7 Å². The summed E-state index contributed by atoms with van der Waals surface area (Å²) >= 11 is 0. The van der Waals surface area contributed by atoms with Gasteiger partial charge in [-0.15, -0.1) is 0 Å². The van der Waals surface area contributed by atoms with E-state index in [1.165, 1.54) is 25.1 Å². The van der Waals surface area contributed by atoms with E-state index in [2.05, 4.69) is 4.90 Å². The van der Waals surface area contributed by atoms with Crippen molar-refractivity contribution >= 4 is 27.3 Å². The lowest BCUT2D eigenvalue weighted by molar-refractivity contribution is 0.0991. The largest absolute Gasteiger partial charge is 0.378 e. The van der Waals surface area contributed by atoms with E-state index in [1.807, 2.05) is 30.3 Å². The van der Waals surface area contributed by atoms with Gasteiger partial charge in [0.2, 0.25) is 10.0 Å². The first-order valence-corrected chi connectivity index (χ1v) is 10.5. The quantitative estimate of drug-likeness (QED) is 0.764. The van der Waals surface area contributed by atoms with Crippen molar-refractivity contribution in [1.29, 1.82) is 0 Å². The van der Waals surface area contributed by atoms with Crippen molar-refractivity contribution in [3.63, 3.8) is 0 Å². The zero-order valence-corrected chi connectivity index (χ0v) is 17.1. The van der Waals surface area contributed by atoms with Crippen LogP contribution in [0.15, 0.2) is 53.4 Å². The van der Waals surface area contributed by atoms with Crippen molar-refractivity contribution in [1.82, 2.24) is 4.31 Å². The van der Waals surface area contributed by atoms with Crippen molar-refractivity contribution in [3.05, 3.63) is 54.1 Å². The monoisotopic (exact) mass is 403 g/mol. The Kier molecular flexibility index (Phi) is 6.02. The molecule has 7 nitrogen and oxygen atoms in total. The molecule has 0 saturated carbocycles. The van der Waals surface area contributed by atoms with Gasteiger partial charge in [-0.2, -0.15) is 0 Å². The first-order valence-electron chi connectivity index (χ1n) is 9.05. The van der Waals surface area contributed by atoms with Crippen LogP contribution >= 0.6 is 0 Å². The summed E-state index contributed by atoms with van der Waals surface area (Å²) in [6.07, 6.45) is 0. The Morgan fingerprint density at radius 1 is 1.00 bits per heavy atom. The summed E-state index contributed by atoms with van der Waals surface area (Å²) in [5.74, 6) is -0.261. The maximum atomic E-state index is 13.3. The lowest BCUT2D eigenvalue weighted by atomic mass is 10.1. The van der Waals surface area contributed by atoms with Crippen LogP contribution in [0.3, 0.4) is 0 Å². The van der Waals surface area contributed by atoms with E-state index in [-0.39, 0.29) is 10.8 Å². The minimum atomic E-state index is -3.65. The predicted octanol–water partition coefficient (Wildman–Crippen LogP) is 2.05. The fourth-order valence-electron chi connectivity index (χ4n) is 3.09. The van der Waals surface area contributed by atoms with Crippen LogP contribution in [0, 0.1) is 0 Å². The second kappa shape index (κ2) is 8.30. The van der Waals surface area contributed by atoms with Crippen LogP contribution in [0.4, 0.5) is 11.4 Å². The smallest absolute Gasteiger partial charge is 0.260 e. The number of para-hydroxylation sites is 1. The van der Waals surface area contributed by atoms with Crippen molar-refractivity contribution in [3.8, 4) is 0 Å². The molecule has 3 rings (SSSR count). The van der Waals surface area contributed by atoms with Gasteiger partial charge in [0.05, 0.1) is 23.7 Å². The Hall–Kier alpha value is -2.42. The molecule has 2 aromatic rings. The second-order valence-electron chi connectivity index (χ2n) is 6.77. The maximum absolute atomic E-state index is 13.3. The van der Waals surface area contributed by atoms with E-state index in [4.69, 9.17) is 4.74 Å². The Labute approximate surface area is 166 Å². The van der Waals surface area contributed by atoms with Crippen LogP contribution in [0.1, 0.15) is 10.4 Å². The molecule has 0 aliphatic carbocycles. The van der Waals surface area contributed by atoms with Crippen molar-refractivity contribution in [2.75, 3.05) is 57.2 Å². The van der Waals surface area contributed by atoms with E-state index < -0.39 is 10.0 Å². The highest BCUT2D eigenvalue weighted by molar-refractivity contribution is 7.89. The number of nitrogens with zero attached hydrogens (tertiary/aromatic N) is 3. The third-order valence-corrected chi connectivity index (χ3v) is 6.59. The van der Waals surface area contributed by atoms with Crippen LogP contribution in [0.25, 0.3) is 0 Å². The second-order valence-corrected chi connectivity index (χ2v) is 8.92. The molecule has 0 unspecified atom stereocenters. The fourth-order valence-corrected chi connectivity index (χ4v) is 4.02. The van der Waals surface area contributed by atoms with E-state index in [1.54, 1.807) is 19.2 Å². The number of hydrogen-bond donors (Lipinski definition) is 0. The molecule has 1 saturated heterocycles. The summed E-state index contributed by atoms with van der Waals surface area (Å²) in [7, 11) is 0.987. The fraction of sp³-hybridized carbons (Fsp3) is 0.350. The lowest BCUT2D eigenvalue weighted by Gasteiger charge is -2.31. The van der Waals surface area contributed by atoms with E-state index in [9.17, 15) is 13.2 Å². The minimum Gasteiger partial charge on any atom is -0.378 e. The van der Waals surface area contributed by atoms with Crippen LogP contribution in [-0.4, -0.2) is 66.1 Å². The average molecular weight is 404 g/mol. The molecule has 0 N–H and O–H groups in total. The third kappa shape index (κ3) is 4.04. The van der Waals surface area contributed by atoms with Gasteiger partial charge >= 0.3 is 0 Å². The van der Waals surface area contributed by atoms with Crippen LogP contribution < -0.4 is 9.80 Å². The molecule has 1 aliphatic heterocycles. The number of sulfonamides is 1. The van der Waals surface area contributed by atoms with Crippen molar-refractivity contribution in [2.45, 2.75) is 4.90 Å². The van der Waals surface area contributed by atoms with Gasteiger partial charge in [-0.1, -0.05) is 18.2 Å². The number of benzene rings is 2. The first-order chi connectivity index (χ1) is 13.3. The lowest BCUT2D eigenvalue weighted by Crippen LogP contribution is -2.38. The number of amides is 1. The number of morpholine rings is 1. The number of carbonyl (C=O) groups excluding carboxylic acids is 1. The molecule has 150 valence electrons. The molecule has 28 heavy (non-hydrogen) atoms. The standard InChI is InChI=1S/C20H25N3O4S/c1-21(2)28(25,26)17-9-10-19(23-11-13-27-14-12-23)18(15-17)20(24)22(3)16-7-5-4-6-8-16/h4-10,15H,11-14H2,1-3H3. The van der Waals surface area contributed by atoms with E-state index in [0.29, 0.717) is 37.6 Å². The Morgan fingerprint density at radius 3 is 2.25 bits per heavy atom. The zero-order chi connectivity index (χ0) is 20.3. The molecule has 0 radical (unpaired) electrons. The number of carbonyl (C=O) groups is 1. The number of hydrogen-bond acceptors (Lipinski definition) is 5. The van der Waals surface area contributed by atoms with Gasteiger partial charge in [-0.3, -0.25) is 4.79 Å². The molecule has 0 bridgehead atoms. The molecule has 0 atom stereocenters. The average Bonchev–Trinajstić information content (AvgIpc) is 2.73. The third-order valence-electron chi connectivity index (χ3n) is 4.78. The summed E-state index contributed by atoms with van der Waals surface area (Å²) in [5, 5.41) is 0. The molecule has 0 aromatic heterocycles. The molecule has 1 amide bonds. The predicted molar refractivity (Wildman–Crippen MR) is 110 cm³/mol. The van der Waals surface area contributed by atoms with Gasteiger partial charge < -0.3 is 14.5 Å². The highest BCUT2D eigenvalue weighted by Gasteiger charge is 2.26. The summed E-state index contributed by atoms with van der Waals surface area (Å²) in [5.41, 5.74) is 1.81. The van der Waals surface area contributed by atoms with Crippen LogP contribution in [0.2, 0.25) is 0 Å². The molecular weight excluding hydrogens is 378 g/mol. The summed E-state index contributed by atoms with van der Waals surface area (Å²) < 4.78 is 31.8. The van der Waals surface area contributed by atoms with Gasteiger partial charge in [0.1, 0.15) is 0 Å².